The van der Waals surface area contributed by atoms with Crippen LogP contribution in [-0.4, -0.2) is 20.7 Å². The van der Waals surface area contributed by atoms with Gasteiger partial charge in [-0.05, 0) is 25.5 Å². The summed E-state index contributed by atoms with van der Waals surface area (Å²) >= 11 is 0. The predicted molar refractivity (Wildman–Crippen MR) is 86.5 cm³/mol. The lowest BCUT2D eigenvalue weighted by Gasteiger charge is -2.13. The number of amides is 1. The highest BCUT2D eigenvalue weighted by molar-refractivity contribution is 5.88. The largest absolute Gasteiger partial charge is 0.361 e. The molecule has 0 aliphatic heterocycles. The molecule has 3 rings (SSSR count). The lowest BCUT2D eigenvalue weighted by atomic mass is 10.1. The van der Waals surface area contributed by atoms with Gasteiger partial charge in [0.15, 0.2) is 0 Å². The Balaban J connectivity index is 1.71. The van der Waals surface area contributed by atoms with Crippen LogP contribution in [0.5, 0.6) is 0 Å². The average Bonchev–Trinajstić information content (AvgIpc) is 3.04. The number of hydrogen-bond donors (Lipinski definition) is 2. The van der Waals surface area contributed by atoms with Crippen LogP contribution in [-0.2, 0) is 18.3 Å². The number of nitrogens with zero attached hydrogens (tertiary/aromatic N) is 2. The molecule has 1 amide bonds. The fourth-order valence-corrected chi connectivity index (χ4v) is 2.76. The van der Waals surface area contributed by atoms with Crippen LogP contribution < -0.4 is 5.32 Å². The number of aromatic amines is 1. The highest BCUT2D eigenvalue weighted by Gasteiger charge is 2.15. The molecule has 1 aromatic carbocycles. The molecule has 2 aromatic heterocycles. The first-order chi connectivity index (χ1) is 10.6. The molecule has 5 heteroatoms. The second-order valence-electron chi connectivity index (χ2n) is 5.63. The van der Waals surface area contributed by atoms with E-state index in [-0.39, 0.29) is 11.9 Å². The average molecular weight is 296 g/mol. The Morgan fingerprint density at radius 2 is 2.18 bits per heavy atom. The van der Waals surface area contributed by atoms with Gasteiger partial charge in [-0.15, -0.1) is 0 Å². The van der Waals surface area contributed by atoms with E-state index in [1.165, 1.54) is 0 Å². The van der Waals surface area contributed by atoms with Gasteiger partial charge in [0.25, 0.3) is 0 Å². The number of benzene rings is 1. The predicted octanol–water partition coefficient (Wildman–Crippen LogP) is 2.63. The van der Waals surface area contributed by atoms with Gasteiger partial charge in [-0.3, -0.25) is 9.48 Å². The molecule has 3 aromatic rings. The third-order valence-corrected chi connectivity index (χ3v) is 4.14. The van der Waals surface area contributed by atoms with Crippen LogP contribution in [0, 0.1) is 6.92 Å². The van der Waals surface area contributed by atoms with E-state index in [0.717, 1.165) is 27.7 Å². The molecule has 0 aliphatic carbocycles. The zero-order chi connectivity index (χ0) is 15.7. The van der Waals surface area contributed by atoms with Crippen molar-refractivity contribution >= 4 is 16.8 Å². The number of nitrogens with one attached hydrogen (secondary N) is 2. The van der Waals surface area contributed by atoms with Crippen LogP contribution in [0.2, 0.25) is 0 Å². The normalized spacial score (nSPS) is 12.5. The number of carbonyl (C=O) groups excluding carboxylic acids is 1. The van der Waals surface area contributed by atoms with Crippen molar-refractivity contribution in [2.45, 2.75) is 26.3 Å². The molecule has 114 valence electrons. The van der Waals surface area contributed by atoms with Gasteiger partial charge < -0.3 is 10.3 Å². The number of fused-ring (bicyclic) bond motifs is 1. The van der Waals surface area contributed by atoms with Gasteiger partial charge in [0.2, 0.25) is 5.91 Å². The minimum absolute atomic E-state index is 0.0144. The zero-order valence-corrected chi connectivity index (χ0v) is 13.1. The molecule has 22 heavy (non-hydrogen) atoms. The first-order valence-electron chi connectivity index (χ1n) is 7.39. The molecule has 0 aliphatic rings. The Morgan fingerprint density at radius 1 is 1.41 bits per heavy atom. The minimum atomic E-state index is -0.0496. The van der Waals surface area contributed by atoms with Crippen molar-refractivity contribution < 1.29 is 4.79 Å². The SMILES string of the molecule is Cc1c([C@@H](C)NC(=O)Cc2c[nH]c3ccccc23)cnn1C. The van der Waals surface area contributed by atoms with E-state index in [0.29, 0.717) is 6.42 Å². The molecular formula is C17H20N4O. The Morgan fingerprint density at radius 3 is 2.91 bits per heavy atom. The van der Waals surface area contributed by atoms with E-state index in [2.05, 4.69) is 15.4 Å². The summed E-state index contributed by atoms with van der Waals surface area (Å²) in [5, 5.41) is 8.37. The van der Waals surface area contributed by atoms with Crippen molar-refractivity contribution in [2.75, 3.05) is 0 Å². The smallest absolute Gasteiger partial charge is 0.224 e. The van der Waals surface area contributed by atoms with Crippen LogP contribution >= 0.6 is 0 Å². The fraction of sp³-hybridized carbons (Fsp3) is 0.294. The van der Waals surface area contributed by atoms with Crippen molar-refractivity contribution in [3.63, 3.8) is 0 Å². The number of H-pyrrole nitrogens is 1. The molecule has 0 unspecified atom stereocenters. The second-order valence-corrected chi connectivity index (χ2v) is 5.63. The van der Waals surface area contributed by atoms with Crippen molar-refractivity contribution in [3.8, 4) is 0 Å². The molecule has 0 radical (unpaired) electrons. The van der Waals surface area contributed by atoms with Crippen LogP contribution in [0.25, 0.3) is 10.9 Å². The van der Waals surface area contributed by atoms with E-state index >= 15 is 0 Å². The van der Waals surface area contributed by atoms with Crippen LogP contribution in [0.1, 0.15) is 29.8 Å². The molecule has 1 atom stereocenters. The van der Waals surface area contributed by atoms with E-state index in [9.17, 15) is 4.79 Å². The topological polar surface area (TPSA) is 62.7 Å². The summed E-state index contributed by atoms with van der Waals surface area (Å²) in [6, 6.07) is 7.96. The summed E-state index contributed by atoms with van der Waals surface area (Å²) in [7, 11) is 1.90. The van der Waals surface area contributed by atoms with E-state index in [4.69, 9.17) is 0 Å². The lowest BCUT2D eigenvalue weighted by molar-refractivity contribution is -0.121. The molecule has 0 bridgehead atoms. The van der Waals surface area contributed by atoms with Gasteiger partial charge in [-0.25, -0.2) is 0 Å². The highest BCUT2D eigenvalue weighted by Crippen LogP contribution is 2.19. The summed E-state index contributed by atoms with van der Waals surface area (Å²) in [6.45, 7) is 3.99. The highest BCUT2D eigenvalue weighted by atomic mass is 16.1. The van der Waals surface area contributed by atoms with Crippen LogP contribution in [0.3, 0.4) is 0 Å². The van der Waals surface area contributed by atoms with Crippen molar-refractivity contribution in [1.29, 1.82) is 0 Å². The van der Waals surface area contributed by atoms with Gasteiger partial charge in [0.05, 0.1) is 18.7 Å². The number of para-hydroxylation sites is 1. The summed E-state index contributed by atoms with van der Waals surface area (Å²) in [5.74, 6) is 0.0144. The maximum absolute atomic E-state index is 12.3. The van der Waals surface area contributed by atoms with Crippen molar-refractivity contribution in [1.82, 2.24) is 20.1 Å². The zero-order valence-electron chi connectivity index (χ0n) is 13.1. The lowest BCUT2D eigenvalue weighted by Crippen LogP contribution is -2.28. The Labute approximate surface area is 129 Å². The fourth-order valence-electron chi connectivity index (χ4n) is 2.76. The number of aryl methyl sites for hydroxylation is 1. The minimum Gasteiger partial charge on any atom is -0.361 e. The van der Waals surface area contributed by atoms with Gasteiger partial charge in [0, 0.05) is 35.4 Å². The quantitative estimate of drug-likeness (QED) is 0.777. The second kappa shape index (κ2) is 5.67. The first kappa shape index (κ1) is 14.4. The molecule has 5 nitrogen and oxygen atoms in total. The maximum Gasteiger partial charge on any atom is 0.224 e. The third kappa shape index (κ3) is 2.62. The van der Waals surface area contributed by atoms with E-state index in [1.54, 1.807) is 0 Å². The molecule has 2 heterocycles. The monoisotopic (exact) mass is 296 g/mol. The van der Waals surface area contributed by atoms with Gasteiger partial charge in [-0.1, -0.05) is 18.2 Å². The summed E-state index contributed by atoms with van der Waals surface area (Å²) < 4.78 is 1.82. The maximum atomic E-state index is 12.3. The molecule has 0 saturated heterocycles. The number of hydrogen-bond acceptors (Lipinski definition) is 2. The summed E-state index contributed by atoms with van der Waals surface area (Å²) in [6.07, 6.45) is 4.09. The molecule has 2 N–H and O–H groups in total. The third-order valence-electron chi connectivity index (χ3n) is 4.14. The van der Waals surface area contributed by atoms with Gasteiger partial charge in [0.1, 0.15) is 0 Å². The van der Waals surface area contributed by atoms with Crippen molar-refractivity contribution in [3.05, 3.63) is 53.5 Å². The van der Waals surface area contributed by atoms with Gasteiger partial charge in [-0.2, -0.15) is 5.10 Å². The Kier molecular flexibility index (Phi) is 3.71. The first-order valence-corrected chi connectivity index (χ1v) is 7.39. The Hall–Kier alpha value is -2.56. The van der Waals surface area contributed by atoms with Crippen molar-refractivity contribution in [2.24, 2.45) is 7.05 Å². The summed E-state index contributed by atoms with van der Waals surface area (Å²) in [5.41, 5.74) is 4.19. The van der Waals surface area contributed by atoms with Crippen LogP contribution in [0.4, 0.5) is 0 Å². The van der Waals surface area contributed by atoms with E-state index in [1.807, 2.05) is 62.2 Å². The number of rotatable bonds is 4. The van der Waals surface area contributed by atoms with Crippen LogP contribution in [0.15, 0.2) is 36.7 Å². The van der Waals surface area contributed by atoms with E-state index < -0.39 is 0 Å². The molecule has 0 spiro atoms. The molecule has 0 saturated carbocycles. The molecular weight excluding hydrogens is 276 g/mol. The Bertz CT molecular complexity index is 815. The van der Waals surface area contributed by atoms with Gasteiger partial charge >= 0.3 is 0 Å². The summed E-state index contributed by atoms with van der Waals surface area (Å²) in [4.78, 5) is 15.5. The standard InChI is InChI=1S/C17H20N4O/c1-11(15-10-19-21(3)12(15)2)20-17(22)8-13-9-18-16-7-5-4-6-14(13)16/h4-7,9-11,18H,8H2,1-3H3,(H,20,22)/t11-/m1/s1. The number of aromatic nitrogens is 3. The number of carbonyl (C=O) groups is 1. The molecule has 0 fully saturated rings.